The van der Waals surface area contributed by atoms with Crippen molar-refractivity contribution in [3.63, 3.8) is 0 Å². The zero-order valence-corrected chi connectivity index (χ0v) is 19.1. The number of benzene rings is 2. The second-order valence-corrected chi connectivity index (χ2v) is 7.64. The van der Waals surface area contributed by atoms with E-state index in [0.29, 0.717) is 23.9 Å². The Morgan fingerprint density at radius 3 is 2.59 bits per heavy atom. The normalized spacial score (nSPS) is 13.3. The minimum atomic E-state index is -0.464. The summed E-state index contributed by atoms with van der Waals surface area (Å²) in [6, 6.07) is 15.3. The molecule has 0 bridgehead atoms. The molecule has 2 N–H and O–H groups in total. The summed E-state index contributed by atoms with van der Waals surface area (Å²) in [6.07, 6.45) is 9.10. The summed E-state index contributed by atoms with van der Waals surface area (Å²) in [5, 5.41) is 5.43. The van der Waals surface area contributed by atoms with Gasteiger partial charge < -0.3 is 9.47 Å². The maximum absolute atomic E-state index is 12.2. The number of methoxy groups -OCH3 is 1. The van der Waals surface area contributed by atoms with Crippen molar-refractivity contribution in [2.75, 3.05) is 20.3 Å². The number of halogens is 1. The highest BCUT2D eigenvalue weighted by molar-refractivity contribution is 6.30. The predicted octanol–water partition coefficient (Wildman–Crippen LogP) is 5.59. The molecule has 1 amide bonds. The quantitative estimate of drug-likeness (QED) is 0.484. The molecule has 1 aliphatic heterocycles. The van der Waals surface area contributed by atoms with E-state index in [2.05, 4.69) is 17.7 Å². The average Bonchev–Trinajstić information content (AvgIpc) is 2.80. The first-order valence-corrected chi connectivity index (χ1v) is 10.9. The lowest BCUT2D eigenvalue weighted by molar-refractivity contribution is 0.147. The highest BCUT2D eigenvalue weighted by atomic mass is 35.5. The van der Waals surface area contributed by atoms with Crippen LogP contribution in [0.4, 0.5) is 4.79 Å². The zero-order valence-electron chi connectivity index (χ0n) is 18.3. The van der Waals surface area contributed by atoms with Crippen LogP contribution >= 0.6 is 11.6 Å². The van der Waals surface area contributed by atoms with Crippen LogP contribution in [-0.4, -0.2) is 31.4 Å². The zero-order chi connectivity index (χ0) is 22.8. The summed E-state index contributed by atoms with van der Waals surface area (Å²) in [6.45, 7) is 3.03. The third-order valence-electron chi connectivity index (χ3n) is 4.72. The van der Waals surface area contributed by atoms with Gasteiger partial charge in [0.25, 0.3) is 0 Å². The Morgan fingerprint density at radius 2 is 1.91 bits per heavy atom. The van der Waals surface area contributed by atoms with Crippen LogP contribution in [0.5, 0.6) is 5.75 Å². The Balaban J connectivity index is 1.73. The Kier molecular flexibility index (Phi) is 8.63. The molecule has 0 radical (unpaired) electrons. The Bertz CT molecular complexity index is 982. The number of allylic oxidation sites excluding steroid dienone is 1. The molecule has 1 heterocycles. The Hall–Kier alpha value is -3.38. The first kappa shape index (κ1) is 23.3. The number of ether oxygens (including phenoxy) is 2. The lowest BCUT2D eigenvalue weighted by Gasteiger charge is -2.28. The van der Waals surface area contributed by atoms with E-state index in [0.717, 1.165) is 35.4 Å². The van der Waals surface area contributed by atoms with E-state index in [1.54, 1.807) is 7.11 Å². The molecular weight excluding hydrogens is 426 g/mol. The lowest BCUT2D eigenvalue weighted by Crippen LogP contribution is -2.37. The van der Waals surface area contributed by atoms with Gasteiger partial charge in [-0.25, -0.2) is 4.79 Å². The van der Waals surface area contributed by atoms with Crippen LogP contribution in [-0.2, 0) is 4.74 Å². The fraction of sp³-hybridized carbons (Fsp3) is 0.240. The van der Waals surface area contributed by atoms with Gasteiger partial charge in [0.15, 0.2) is 0 Å². The number of hydrazine groups is 1. The molecule has 0 spiro atoms. The van der Waals surface area contributed by atoms with Crippen LogP contribution in [0.25, 0.3) is 11.8 Å². The fourth-order valence-electron chi connectivity index (χ4n) is 3.00. The summed E-state index contributed by atoms with van der Waals surface area (Å²) < 4.78 is 10.5. The summed E-state index contributed by atoms with van der Waals surface area (Å²) in [5.74, 6) is 0.779. The largest absolute Gasteiger partial charge is 0.497 e. The molecule has 0 aromatic heterocycles. The van der Waals surface area contributed by atoms with E-state index < -0.39 is 6.09 Å². The van der Waals surface area contributed by atoms with Crippen LogP contribution in [0.3, 0.4) is 0 Å². The SMILES string of the molecule is CCCCOC(=O)NC1=CN(CC=Cc2ccc(Cl)cc2)NC(c2ccc(OC)cc2)=C1. The predicted molar refractivity (Wildman–Crippen MR) is 129 cm³/mol. The van der Waals surface area contributed by atoms with Gasteiger partial charge in [0, 0.05) is 11.2 Å². The summed E-state index contributed by atoms with van der Waals surface area (Å²) in [5.41, 5.74) is 6.87. The van der Waals surface area contributed by atoms with Gasteiger partial charge in [-0.2, -0.15) is 0 Å². The first-order valence-electron chi connectivity index (χ1n) is 10.5. The number of hydrogen-bond acceptors (Lipinski definition) is 5. The fourth-order valence-corrected chi connectivity index (χ4v) is 3.13. The number of nitrogens with one attached hydrogen (secondary N) is 2. The molecule has 0 atom stereocenters. The van der Waals surface area contributed by atoms with Gasteiger partial charge in [0.2, 0.25) is 0 Å². The second-order valence-electron chi connectivity index (χ2n) is 7.20. The molecule has 2 aromatic rings. The molecule has 2 aromatic carbocycles. The average molecular weight is 454 g/mol. The van der Waals surface area contributed by atoms with Crippen LogP contribution in [0.1, 0.15) is 30.9 Å². The minimum absolute atomic E-state index is 0.399. The highest BCUT2D eigenvalue weighted by Crippen LogP contribution is 2.21. The van der Waals surface area contributed by atoms with E-state index in [-0.39, 0.29) is 0 Å². The van der Waals surface area contributed by atoms with E-state index in [9.17, 15) is 4.79 Å². The van der Waals surface area contributed by atoms with E-state index in [4.69, 9.17) is 21.1 Å². The number of nitrogens with zero attached hydrogens (tertiary/aromatic N) is 1. The van der Waals surface area contributed by atoms with E-state index in [1.165, 1.54) is 0 Å². The van der Waals surface area contributed by atoms with Gasteiger partial charge in [-0.1, -0.05) is 49.2 Å². The Labute approximate surface area is 194 Å². The molecule has 3 rings (SSSR count). The lowest BCUT2D eigenvalue weighted by atomic mass is 10.1. The van der Waals surface area contributed by atoms with Crippen molar-refractivity contribution in [1.29, 1.82) is 0 Å². The minimum Gasteiger partial charge on any atom is -0.497 e. The van der Waals surface area contributed by atoms with Gasteiger partial charge in [0.1, 0.15) is 5.75 Å². The summed E-state index contributed by atoms with van der Waals surface area (Å²) in [4.78, 5) is 12.2. The van der Waals surface area contributed by atoms with Gasteiger partial charge in [-0.15, -0.1) is 0 Å². The molecule has 6 nitrogen and oxygen atoms in total. The van der Waals surface area contributed by atoms with Gasteiger partial charge >= 0.3 is 6.09 Å². The van der Waals surface area contributed by atoms with E-state index in [1.807, 2.05) is 78.0 Å². The molecule has 32 heavy (non-hydrogen) atoms. The van der Waals surface area contributed by atoms with Crippen molar-refractivity contribution in [3.05, 3.63) is 88.7 Å². The van der Waals surface area contributed by atoms with Crippen molar-refractivity contribution < 1.29 is 14.3 Å². The van der Waals surface area contributed by atoms with Crippen LogP contribution < -0.4 is 15.5 Å². The number of carbonyl (C=O) groups excluding carboxylic acids is 1. The maximum Gasteiger partial charge on any atom is 0.411 e. The van der Waals surface area contributed by atoms with Crippen LogP contribution in [0.15, 0.2) is 72.6 Å². The maximum atomic E-state index is 12.2. The smallest absolute Gasteiger partial charge is 0.411 e. The molecule has 7 heteroatoms. The monoisotopic (exact) mass is 453 g/mol. The van der Waals surface area contributed by atoms with Crippen molar-refractivity contribution in [2.24, 2.45) is 0 Å². The first-order chi connectivity index (χ1) is 15.6. The van der Waals surface area contributed by atoms with Gasteiger partial charge in [-0.05, 0) is 60.0 Å². The standard InChI is InChI=1S/C25H28ClN3O3/c1-3-4-16-32-25(30)27-22-17-24(20-9-13-23(31-2)14-10-20)28-29(18-22)15-5-6-19-7-11-21(26)12-8-19/h5-14,17-18,28H,3-4,15-16H2,1-2H3,(H,27,30). The topological polar surface area (TPSA) is 62.8 Å². The van der Waals surface area contributed by atoms with Crippen molar-refractivity contribution in [3.8, 4) is 5.75 Å². The number of rotatable bonds is 9. The number of hydrogen-bond donors (Lipinski definition) is 2. The van der Waals surface area contributed by atoms with Crippen molar-refractivity contribution in [2.45, 2.75) is 19.8 Å². The van der Waals surface area contributed by atoms with Gasteiger partial charge in [-0.3, -0.25) is 15.8 Å². The Morgan fingerprint density at radius 1 is 1.16 bits per heavy atom. The number of amides is 1. The summed E-state index contributed by atoms with van der Waals surface area (Å²) >= 11 is 5.95. The van der Waals surface area contributed by atoms with E-state index >= 15 is 0 Å². The van der Waals surface area contributed by atoms with Crippen LogP contribution in [0, 0.1) is 0 Å². The second kappa shape index (κ2) is 11.9. The molecule has 168 valence electrons. The third-order valence-corrected chi connectivity index (χ3v) is 4.97. The highest BCUT2D eigenvalue weighted by Gasteiger charge is 2.15. The molecule has 0 saturated heterocycles. The number of unbranched alkanes of at least 4 members (excludes halogenated alkanes) is 1. The third kappa shape index (κ3) is 7.10. The molecule has 1 aliphatic rings. The van der Waals surface area contributed by atoms with Crippen molar-refractivity contribution in [1.82, 2.24) is 15.8 Å². The van der Waals surface area contributed by atoms with Crippen molar-refractivity contribution >= 4 is 29.5 Å². The van der Waals surface area contributed by atoms with Gasteiger partial charge in [0.05, 0.1) is 31.7 Å². The number of carbonyl (C=O) groups is 1. The summed E-state index contributed by atoms with van der Waals surface area (Å²) in [7, 11) is 1.64. The molecule has 0 unspecified atom stereocenters. The molecule has 0 aliphatic carbocycles. The molecule has 0 fully saturated rings. The molecular formula is C25H28ClN3O3. The van der Waals surface area contributed by atoms with Crippen LogP contribution in [0.2, 0.25) is 5.02 Å². The molecule has 0 saturated carbocycles. The number of alkyl carbamates (subject to hydrolysis) is 1.